The van der Waals surface area contributed by atoms with Gasteiger partial charge in [0.1, 0.15) is 5.82 Å². The molecule has 96 valence electrons. The lowest BCUT2D eigenvalue weighted by Crippen LogP contribution is -2.14. The van der Waals surface area contributed by atoms with Crippen LogP contribution in [0.25, 0.3) is 0 Å². The number of amides is 1. The van der Waals surface area contributed by atoms with Gasteiger partial charge in [0.05, 0.1) is 0 Å². The molecular formula is C16H16N2O. The second kappa shape index (κ2) is 5.22. The minimum absolute atomic E-state index is 0.112. The molecule has 3 nitrogen and oxygen atoms in total. The van der Waals surface area contributed by atoms with Gasteiger partial charge in [0.15, 0.2) is 0 Å². The molecule has 1 fully saturated rings. The highest BCUT2D eigenvalue weighted by Crippen LogP contribution is 2.36. The minimum Gasteiger partial charge on any atom is -0.307 e. The van der Waals surface area contributed by atoms with E-state index in [1.54, 1.807) is 18.3 Å². The molecule has 1 aromatic heterocycles. The molecule has 0 aliphatic heterocycles. The summed E-state index contributed by atoms with van der Waals surface area (Å²) < 4.78 is 0. The molecule has 3 heteroatoms. The zero-order valence-electron chi connectivity index (χ0n) is 10.7. The van der Waals surface area contributed by atoms with Crippen molar-refractivity contribution in [3.05, 3.63) is 59.8 Å². The average molecular weight is 252 g/mol. The highest BCUT2D eigenvalue weighted by Gasteiger charge is 2.19. The van der Waals surface area contributed by atoms with Gasteiger partial charge in [-0.05, 0) is 48.6 Å². The van der Waals surface area contributed by atoms with Gasteiger partial charge < -0.3 is 5.32 Å². The van der Waals surface area contributed by atoms with Crippen LogP contribution in [0.1, 0.15) is 41.1 Å². The van der Waals surface area contributed by atoms with E-state index in [9.17, 15) is 4.79 Å². The summed E-state index contributed by atoms with van der Waals surface area (Å²) in [5, 5.41) is 2.85. The van der Waals surface area contributed by atoms with E-state index in [2.05, 4.69) is 10.3 Å². The Labute approximate surface area is 112 Å². The lowest BCUT2D eigenvalue weighted by atomic mass is 9.80. The zero-order chi connectivity index (χ0) is 13.1. The van der Waals surface area contributed by atoms with Crippen LogP contribution in [0.3, 0.4) is 0 Å². The second-order valence-electron chi connectivity index (χ2n) is 4.92. The topological polar surface area (TPSA) is 42.0 Å². The van der Waals surface area contributed by atoms with E-state index in [0.717, 1.165) is 0 Å². The number of anilines is 1. The van der Waals surface area contributed by atoms with Crippen LogP contribution in [-0.2, 0) is 0 Å². The van der Waals surface area contributed by atoms with Crippen molar-refractivity contribution in [2.45, 2.75) is 25.2 Å². The number of pyridine rings is 1. The number of nitrogens with zero attached hydrogens (tertiary/aromatic N) is 1. The summed E-state index contributed by atoms with van der Waals surface area (Å²) in [7, 11) is 0. The van der Waals surface area contributed by atoms with Gasteiger partial charge in [0.2, 0.25) is 0 Å². The zero-order valence-corrected chi connectivity index (χ0v) is 10.7. The molecule has 19 heavy (non-hydrogen) atoms. The van der Waals surface area contributed by atoms with Crippen molar-refractivity contribution in [3.8, 4) is 0 Å². The molecule has 1 amide bonds. The Morgan fingerprint density at radius 2 is 1.95 bits per heavy atom. The molecule has 3 rings (SSSR count). The molecule has 0 bridgehead atoms. The Balaban J connectivity index is 1.74. The first-order valence-corrected chi connectivity index (χ1v) is 6.65. The van der Waals surface area contributed by atoms with Crippen LogP contribution in [-0.4, -0.2) is 10.9 Å². The highest BCUT2D eigenvalue weighted by molar-refractivity contribution is 6.03. The van der Waals surface area contributed by atoms with E-state index in [0.29, 0.717) is 17.3 Å². The summed E-state index contributed by atoms with van der Waals surface area (Å²) in [5.74, 6) is 1.17. The molecule has 0 spiro atoms. The SMILES string of the molecule is O=C(Nc1cc(C2CCC2)ccn1)c1ccccc1. The fourth-order valence-corrected chi connectivity index (χ4v) is 2.29. The van der Waals surface area contributed by atoms with Crippen molar-refractivity contribution in [3.63, 3.8) is 0 Å². The van der Waals surface area contributed by atoms with Gasteiger partial charge in [-0.1, -0.05) is 24.6 Å². The first-order chi connectivity index (χ1) is 9.33. The van der Waals surface area contributed by atoms with E-state index in [-0.39, 0.29) is 5.91 Å². The number of aromatic nitrogens is 1. The Morgan fingerprint density at radius 3 is 2.63 bits per heavy atom. The van der Waals surface area contributed by atoms with Crippen molar-refractivity contribution < 1.29 is 4.79 Å². The molecule has 1 aliphatic rings. The van der Waals surface area contributed by atoms with Gasteiger partial charge in [-0.2, -0.15) is 0 Å². The normalized spacial score (nSPS) is 14.7. The number of carbonyl (C=O) groups is 1. The third-order valence-corrected chi connectivity index (χ3v) is 3.64. The summed E-state index contributed by atoms with van der Waals surface area (Å²) in [4.78, 5) is 16.2. The van der Waals surface area contributed by atoms with E-state index in [1.807, 2.05) is 30.3 Å². The van der Waals surface area contributed by atoms with Crippen LogP contribution in [0.4, 0.5) is 5.82 Å². The Morgan fingerprint density at radius 1 is 1.16 bits per heavy atom. The number of hydrogen-bond donors (Lipinski definition) is 1. The molecule has 0 saturated heterocycles. The predicted octanol–water partition coefficient (Wildman–Crippen LogP) is 3.60. The van der Waals surface area contributed by atoms with E-state index >= 15 is 0 Å². The van der Waals surface area contributed by atoms with Gasteiger partial charge in [-0.15, -0.1) is 0 Å². The summed E-state index contributed by atoms with van der Waals surface area (Å²) in [6, 6.07) is 13.2. The van der Waals surface area contributed by atoms with Crippen molar-refractivity contribution in [1.29, 1.82) is 0 Å². The van der Waals surface area contributed by atoms with Gasteiger partial charge in [0, 0.05) is 11.8 Å². The molecule has 2 aromatic rings. The van der Waals surface area contributed by atoms with Gasteiger partial charge in [-0.3, -0.25) is 4.79 Å². The van der Waals surface area contributed by atoms with Crippen molar-refractivity contribution in [2.24, 2.45) is 0 Å². The summed E-state index contributed by atoms with van der Waals surface area (Å²) in [5.41, 5.74) is 1.93. The summed E-state index contributed by atoms with van der Waals surface area (Å²) in [6.07, 6.45) is 5.57. The maximum absolute atomic E-state index is 12.0. The van der Waals surface area contributed by atoms with Crippen LogP contribution in [0.5, 0.6) is 0 Å². The third kappa shape index (κ3) is 2.65. The second-order valence-corrected chi connectivity index (χ2v) is 4.92. The molecule has 1 heterocycles. The van der Waals surface area contributed by atoms with Gasteiger partial charge >= 0.3 is 0 Å². The predicted molar refractivity (Wildman–Crippen MR) is 75.2 cm³/mol. The van der Waals surface area contributed by atoms with Crippen molar-refractivity contribution >= 4 is 11.7 Å². The Hall–Kier alpha value is -2.16. The van der Waals surface area contributed by atoms with Gasteiger partial charge in [-0.25, -0.2) is 4.98 Å². The average Bonchev–Trinajstić information content (AvgIpc) is 2.38. The Kier molecular flexibility index (Phi) is 3.27. The van der Waals surface area contributed by atoms with Crippen LogP contribution in [0.2, 0.25) is 0 Å². The molecule has 0 unspecified atom stereocenters. The van der Waals surface area contributed by atoms with Gasteiger partial charge in [0.25, 0.3) is 5.91 Å². The van der Waals surface area contributed by atoms with Crippen LogP contribution < -0.4 is 5.32 Å². The largest absolute Gasteiger partial charge is 0.307 e. The quantitative estimate of drug-likeness (QED) is 0.906. The van der Waals surface area contributed by atoms with E-state index in [4.69, 9.17) is 0 Å². The molecule has 1 aliphatic carbocycles. The van der Waals surface area contributed by atoms with Crippen molar-refractivity contribution in [2.75, 3.05) is 5.32 Å². The first kappa shape index (κ1) is 11.9. The number of benzene rings is 1. The van der Waals surface area contributed by atoms with Crippen LogP contribution in [0, 0.1) is 0 Å². The molecule has 0 radical (unpaired) electrons. The fraction of sp³-hybridized carbons (Fsp3) is 0.250. The minimum atomic E-state index is -0.112. The third-order valence-electron chi connectivity index (χ3n) is 3.64. The fourth-order valence-electron chi connectivity index (χ4n) is 2.29. The standard InChI is InChI=1S/C16H16N2O/c19-16(13-5-2-1-3-6-13)18-15-11-14(9-10-17-15)12-7-4-8-12/h1-3,5-6,9-12H,4,7-8H2,(H,17,18,19). The lowest BCUT2D eigenvalue weighted by molar-refractivity contribution is 0.102. The smallest absolute Gasteiger partial charge is 0.256 e. The lowest BCUT2D eigenvalue weighted by Gasteiger charge is -2.25. The first-order valence-electron chi connectivity index (χ1n) is 6.65. The molecular weight excluding hydrogens is 236 g/mol. The van der Waals surface area contributed by atoms with E-state index in [1.165, 1.54) is 24.8 Å². The van der Waals surface area contributed by atoms with Crippen LogP contribution >= 0.6 is 0 Å². The van der Waals surface area contributed by atoms with Crippen molar-refractivity contribution in [1.82, 2.24) is 4.98 Å². The number of carbonyl (C=O) groups excluding carboxylic acids is 1. The van der Waals surface area contributed by atoms with Crippen LogP contribution in [0.15, 0.2) is 48.7 Å². The molecule has 1 saturated carbocycles. The van der Waals surface area contributed by atoms with E-state index < -0.39 is 0 Å². The maximum atomic E-state index is 12.0. The highest BCUT2D eigenvalue weighted by atomic mass is 16.1. The molecule has 1 N–H and O–H groups in total. The summed E-state index contributed by atoms with van der Waals surface area (Å²) >= 11 is 0. The number of nitrogens with one attached hydrogen (secondary N) is 1. The molecule has 0 atom stereocenters. The maximum Gasteiger partial charge on any atom is 0.256 e. The monoisotopic (exact) mass is 252 g/mol. The number of rotatable bonds is 3. The molecule has 1 aromatic carbocycles. The number of hydrogen-bond acceptors (Lipinski definition) is 2. The Bertz CT molecular complexity index is 576. The summed E-state index contributed by atoms with van der Waals surface area (Å²) in [6.45, 7) is 0.